The molecule has 1 aromatic rings. The second-order valence-corrected chi connectivity index (χ2v) is 7.43. The SMILES string of the molecule is C=CCN(CC(=O)N(Cc1ccccc1)C(C)C)S(C)(=O)=O. The van der Waals surface area contributed by atoms with Gasteiger partial charge in [0.05, 0.1) is 12.8 Å². The van der Waals surface area contributed by atoms with Crippen LogP contribution in [0.5, 0.6) is 0 Å². The molecule has 0 aliphatic carbocycles. The minimum absolute atomic E-state index is 0.0159. The number of amides is 1. The summed E-state index contributed by atoms with van der Waals surface area (Å²) in [7, 11) is -3.44. The Morgan fingerprint density at radius 2 is 1.86 bits per heavy atom. The van der Waals surface area contributed by atoms with Crippen LogP contribution in [0.1, 0.15) is 19.4 Å². The van der Waals surface area contributed by atoms with E-state index in [4.69, 9.17) is 0 Å². The van der Waals surface area contributed by atoms with E-state index in [0.717, 1.165) is 16.1 Å². The molecule has 0 radical (unpaired) electrons. The van der Waals surface area contributed by atoms with Gasteiger partial charge in [-0.3, -0.25) is 4.79 Å². The van der Waals surface area contributed by atoms with Crippen LogP contribution in [0.15, 0.2) is 43.0 Å². The van der Waals surface area contributed by atoms with Gasteiger partial charge >= 0.3 is 0 Å². The van der Waals surface area contributed by atoms with Gasteiger partial charge in [0.2, 0.25) is 15.9 Å². The third-order valence-corrected chi connectivity index (χ3v) is 4.47. The minimum atomic E-state index is -3.44. The molecule has 1 amide bonds. The molecule has 1 rings (SSSR count). The van der Waals surface area contributed by atoms with Crippen LogP contribution in [0, 0.1) is 0 Å². The van der Waals surface area contributed by atoms with E-state index in [9.17, 15) is 13.2 Å². The van der Waals surface area contributed by atoms with Crippen LogP contribution < -0.4 is 0 Å². The Hall–Kier alpha value is -1.66. The molecule has 0 aliphatic rings. The Bertz CT molecular complexity index is 597. The molecule has 0 N–H and O–H groups in total. The standard InChI is InChI=1S/C16H24N2O3S/c1-5-11-17(22(4,20)21)13-16(19)18(14(2)3)12-15-9-7-6-8-10-15/h5-10,14H,1,11-13H2,2-4H3. The van der Waals surface area contributed by atoms with Crippen molar-refractivity contribution in [2.45, 2.75) is 26.4 Å². The lowest BCUT2D eigenvalue weighted by Gasteiger charge is -2.29. The van der Waals surface area contributed by atoms with E-state index >= 15 is 0 Å². The van der Waals surface area contributed by atoms with Crippen LogP contribution in [-0.2, 0) is 21.4 Å². The minimum Gasteiger partial charge on any atom is -0.335 e. The zero-order valence-corrected chi connectivity index (χ0v) is 14.2. The average Bonchev–Trinajstić information content (AvgIpc) is 2.44. The lowest BCUT2D eigenvalue weighted by atomic mass is 10.2. The van der Waals surface area contributed by atoms with Crippen LogP contribution in [0.25, 0.3) is 0 Å². The molecular formula is C16H24N2O3S. The van der Waals surface area contributed by atoms with Gasteiger partial charge in [0.15, 0.2) is 0 Å². The summed E-state index contributed by atoms with van der Waals surface area (Å²) in [6.07, 6.45) is 2.58. The van der Waals surface area contributed by atoms with Crippen molar-refractivity contribution in [1.82, 2.24) is 9.21 Å². The first kappa shape index (κ1) is 18.4. The van der Waals surface area contributed by atoms with Crippen molar-refractivity contribution in [3.05, 3.63) is 48.6 Å². The fraction of sp³-hybridized carbons (Fsp3) is 0.438. The maximum absolute atomic E-state index is 12.5. The molecule has 0 saturated heterocycles. The Morgan fingerprint density at radius 3 is 2.32 bits per heavy atom. The first-order valence-electron chi connectivity index (χ1n) is 7.15. The number of sulfonamides is 1. The van der Waals surface area contributed by atoms with E-state index in [2.05, 4.69) is 6.58 Å². The smallest absolute Gasteiger partial charge is 0.238 e. The molecule has 5 nitrogen and oxygen atoms in total. The number of hydrogen-bond acceptors (Lipinski definition) is 3. The summed E-state index contributed by atoms with van der Waals surface area (Å²) in [5.74, 6) is -0.217. The average molecular weight is 324 g/mol. The molecule has 0 unspecified atom stereocenters. The lowest BCUT2D eigenvalue weighted by molar-refractivity contribution is -0.133. The Kier molecular flexibility index (Phi) is 6.77. The highest BCUT2D eigenvalue weighted by atomic mass is 32.2. The predicted molar refractivity (Wildman–Crippen MR) is 88.7 cm³/mol. The summed E-state index contributed by atoms with van der Waals surface area (Å²) in [5, 5.41) is 0. The first-order chi connectivity index (χ1) is 10.3. The van der Waals surface area contributed by atoms with Crippen molar-refractivity contribution in [1.29, 1.82) is 0 Å². The van der Waals surface area contributed by atoms with Gasteiger partial charge in [-0.2, -0.15) is 4.31 Å². The molecule has 0 atom stereocenters. The summed E-state index contributed by atoms with van der Waals surface area (Å²) in [4.78, 5) is 14.2. The largest absolute Gasteiger partial charge is 0.335 e. The Labute approximate surface area is 133 Å². The van der Waals surface area contributed by atoms with Crippen molar-refractivity contribution in [2.24, 2.45) is 0 Å². The number of carbonyl (C=O) groups is 1. The number of rotatable bonds is 8. The van der Waals surface area contributed by atoms with Gasteiger partial charge in [0.1, 0.15) is 0 Å². The van der Waals surface area contributed by atoms with Crippen molar-refractivity contribution >= 4 is 15.9 Å². The molecule has 22 heavy (non-hydrogen) atoms. The first-order valence-corrected chi connectivity index (χ1v) is 9.00. The topological polar surface area (TPSA) is 57.7 Å². The molecular weight excluding hydrogens is 300 g/mol. The normalized spacial score (nSPS) is 11.7. The maximum atomic E-state index is 12.5. The van der Waals surface area contributed by atoms with E-state index < -0.39 is 10.0 Å². The monoisotopic (exact) mass is 324 g/mol. The van der Waals surface area contributed by atoms with Crippen molar-refractivity contribution < 1.29 is 13.2 Å². The van der Waals surface area contributed by atoms with E-state index in [-0.39, 0.29) is 25.0 Å². The molecule has 0 heterocycles. The summed E-state index contributed by atoms with van der Waals surface area (Å²) in [5.41, 5.74) is 1.01. The number of benzene rings is 1. The number of nitrogens with zero attached hydrogens (tertiary/aromatic N) is 2. The molecule has 0 saturated carbocycles. The van der Waals surface area contributed by atoms with Crippen LogP contribution in [0.3, 0.4) is 0 Å². The lowest BCUT2D eigenvalue weighted by Crippen LogP contribution is -2.44. The number of hydrogen-bond donors (Lipinski definition) is 0. The molecule has 122 valence electrons. The summed E-state index contributed by atoms with van der Waals surface area (Å²) in [6, 6.07) is 9.62. The van der Waals surface area contributed by atoms with Gasteiger partial charge in [0, 0.05) is 19.1 Å². The van der Waals surface area contributed by atoms with E-state index in [1.165, 1.54) is 6.08 Å². The fourth-order valence-electron chi connectivity index (χ4n) is 2.04. The van der Waals surface area contributed by atoms with Gasteiger partial charge in [-0.1, -0.05) is 36.4 Å². The second kappa shape index (κ2) is 8.10. The molecule has 0 aliphatic heterocycles. The van der Waals surface area contributed by atoms with Crippen LogP contribution in [-0.4, -0.2) is 48.9 Å². The van der Waals surface area contributed by atoms with Crippen molar-refractivity contribution in [2.75, 3.05) is 19.3 Å². The van der Waals surface area contributed by atoms with E-state index in [0.29, 0.717) is 6.54 Å². The van der Waals surface area contributed by atoms with Gasteiger partial charge in [0.25, 0.3) is 0 Å². The molecule has 6 heteroatoms. The van der Waals surface area contributed by atoms with Gasteiger partial charge in [-0.25, -0.2) is 8.42 Å². The summed E-state index contributed by atoms with van der Waals surface area (Å²) in [6.45, 7) is 7.79. The quantitative estimate of drug-likeness (QED) is 0.686. The Morgan fingerprint density at radius 1 is 1.27 bits per heavy atom. The maximum Gasteiger partial charge on any atom is 0.238 e. The fourth-order valence-corrected chi connectivity index (χ4v) is 2.76. The van der Waals surface area contributed by atoms with Crippen molar-refractivity contribution in [3.8, 4) is 0 Å². The zero-order valence-electron chi connectivity index (χ0n) is 13.4. The molecule has 1 aromatic carbocycles. The van der Waals surface area contributed by atoms with Gasteiger partial charge in [-0.05, 0) is 19.4 Å². The third-order valence-electron chi connectivity index (χ3n) is 3.25. The highest BCUT2D eigenvalue weighted by molar-refractivity contribution is 7.88. The summed E-state index contributed by atoms with van der Waals surface area (Å²) >= 11 is 0. The highest BCUT2D eigenvalue weighted by Crippen LogP contribution is 2.10. The molecule has 0 spiro atoms. The second-order valence-electron chi connectivity index (χ2n) is 5.45. The van der Waals surface area contributed by atoms with E-state index in [1.54, 1.807) is 4.90 Å². The van der Waals surface area contributed by atoms with Crippen molar-refractivity contribution in [3.63, 3.8) is 0 Å². The number of carbonyl (C=O) groups excluding carboxylic acids is 1. The predicted octanol–water partition coefficient (Wildman–Crippen LogP) is 1.87. The zero-order chi connectivity index (χ0) is 16.8. The van der Waals surface area contributed by atoms with Crippen LogP contribution in [0.4, 0.5) is 0 Å². The summed E-state index contributed by atoms with van der Waals surface area (Å²) < 4.78 is 24.6. The van der Waals surface area contributed by atoms with Crippen LogP contribution >= 0.6 is 0 Å². The third kappa shape index (κ3) is 5.61. The Balaban J connectivity index is 2.87. The molecule has 0 aromatic heterocycles. The molecule has 0 fully saturated rings. The van der Waals surface area contributed by atoms with Crippen LogP contribution in [0.2, 0.25) is 0 Å². The van der Waals surface area contributed by atoms with Gasteiger partial charge < -0.3 is 4.90 Å². The van der Waals surface area contributed by atoms with E-state index in [1.807, 2.05) is 44.2 Å². The highest BCUT2D eigenvalue weighted by Gasteiger charge is 2.24. The molecule has 0 bridgehead atoms. The van der Waals surface area contributed by atoms with Gasteiger partial charge in [-0.15, -0.1) is 6.58 Å².